The van der Waals surface area contributed by atoms with Crippen LogP contribution in [0.2, 0.25) is 0 Å². The number of hydrogen-bond acceptors (Lipinski definition) is 5. The van der Waals surface area contributed by atoms with Gasteiger partial charge in [-0.3, -0.25) is 18.7 Å². The van der Waals surface area contributed by atoms with E-state index in [4.69, 9.17) is 5.73 Å². The maximum Gasteiger partial charge on any atom is 0.332 e. The van der Waals surface area contributed by atoms with E-state index in [1.54, 1.807) is 7.05 Å². The van der Waals surface area contributed by atoms with E-state index < -0.39 is 11.2 Å². The molecule has 9 heteroatoms. The van der Waals surface area contributed by atoms with Crippen LogP contribution in [0, 0.1) is 5.92 Å². The molecular formula is C13H18N6O3. The number of nitrogens with zero attached hydrogens (tertiary/aromatic N) is 4. The number of aromatic amines is 1. The Balaban J connectivity index is 1.99. The summed E-state index contributed by atoms with van der Waals surface area (Å²) in [4.78, 5) is 44.6. The average Bonchev–Trinajstić information content (AvgIpc) is 2.96. The van der Waals surface area contributed by atoms with E-state index in [1.807, 2.05) is 4.90 Å². The van der Waals surface area contributed by atoms with Gasteiger partial charge in [0.1, 0.15) is 0 Å². The molecule has 2 aromatic rings. The van der Waals surface area contributed by atoms with E-state index in [0.29, 0.717) is 43.0 Å². The number of fused-ring (bicyclic) bond motifs is 1. The minimum absolute atomic E-state index is 0.113. The van der Waals surface area contributed by atoms with Gasteiger partial charge in [0, 0.05) is 33.1 Å². The number of carbonyl (C=O) groups is 1. The summed E-state index contributed by atoms with van der Waals surface area (Å²) in [5, 5.41) is 0. The molecule has 1 amide bonds. The molecule has 0 radical (unpaired) electrons. The highest BCUT2D eigenvalue weighted by Crippen LogP contribution is 2.21. The quantitative estimate of drug-likeness (QED) is 0.712. The lowest BCUT2D eigenvalue weighted by atomic mass is 9.97. The van der Waals surface area contributed by atoms with Crippen molar-refractivity contribution in [3.63, 3.8) is 0 Å². The lowest BCUT2D eigenvalue weighted by Gasteiger charge is -2.30. The zero-order valence-electron chi connectivity index (χ0n) is 12.5. The zero-order chi connectivity index (χ0) is 16.0. The number of aryl methyl sites for hydroxylation is 1. The van der Waals surface area contributed by atoms with Gasteiger partial charge in [-0.15, -0.1) is 0 Å². The van der Waals surface area contributed by atoms with Crippen molar-refractivity contribution in [2.24, 2.45) is 25.7 Å². The van der Waals surface area contributed by atoms with Crippen LogP contribution < -0.4 is 21.9 Å². The predicted octanol–water partition coefficient (Wildman–Crippen LogP) is -1.34. The van der Waals surface area contributed by atoms with Crippen molar-refractivity contribution in [2.45, 2.75) is 12.8 Å². The Bertz CT molecular complexity index is 853. The molecule has 0 atom stereocenters. The van der Waals surface area contributed by atoms with E-state index in [-0.39, 0.29) is 11.8 Å². The first-order valence-electron chi connectivity index (χ1n) is 7.10. The van der Waals surface area contributed by atoms with Gasteiger partial charge in [-0.25, -0.2) is 4.79 Å². The van der Waals surface area contributed by atoms with Crippen LogP contribution in [-0.2, 0) is 18.9 Å². The number of carbonyl (C=O) groups excluding carboxylic acids is 1. The normalized spacial score (nSPS) is 16.4. The molecule has 1 aliphatic heterocycles. The van der Waals surface area contributed by atoms with Crippen LogP contribution in [0.3, 0.4) is 0 Å². The number of primary amides is 1. The van der Waals surface area contributed by atoms with Crippen LogP contribution >= 0.6 is 0 Å². The second kappa shape index (κ2) is 5.00. The Morgan fingerprint density at radius 2 is 1.86 bits per heavy atom. The van der Waals surface area contributed by atoms with Crippen molar-refractivity contribution in [3.8, 4) is 0 Å². The van der Waals surface area contributed by atoms with E-state index in [0.717, 1.165) is 4.57 Å². The van der Waals surface area contributed by atoms with Gasteiger partial charge < -0.3 is 15.6 Å². The smallest absolute Gasteiger partial charge is 0.332 e. The predicted molar refractivity (Wildman–Crippen MR) is 80.7 cm³/mol. The number of H-pyrrole nitrogens is 1. The van der Waals surface area contributed by atoms with Gasteiger partial charge in [0.15, 0.2) is 11.2 Å². The first kappa shape index (κ1) is 14.4. The summed E-state index contributed by atoms with van der Waals surface area (Å²) in [5.74, 6) is 0.148. The van der Waals surface area contributed by atoms with Crippen LogP contribution in [0.25, 0.3) is 11.2 Å². The number of nitrogens with one attached hydrogen (secondary N) is 1. The molecule has 118 valence electrons. The third-order valence-electron chi connectivity index (χ3n) is 4.28. The van der Waals surface area contributed by atoms with Gasteiger partial charge in [-0.1, -0.05) is 0 Å². The number of nitrogens with two attached hydrogens (primary N) is 1. The largest absolute Gasteiger partial charge is 0.369 e. The first-order valence-corrected chi connectivity index (χ1v) is 7.10. The molecule has 0 aromatic carbocycles. The molecule has 0 aliphatic carbocycles. The molecule has 3 heterocycles. The molecule has 22 heavy (non-hydrogen) atoms. The minimum atomic E-state index is -0.414. The van der Waals surface area contributed by atoms with E-state index >= 15 is 0 Å². The van der Waals surface area contributed by atoms with Gasteiger partial charge in [0.2, 0.25) is 11.9 Å². The Hall–Kier alpha value is -2.58. The summed E-state index contributed by atoms with van der Waals surface area (Å²) in [5.41, 5.74) is 5.15. The molecule has 0 unspecified atom stereocenters. The van der Waals surface area contributed by atoms with Gasteiger partial charge in [0.05, 0.1) is 0 Å². The van der Waals surface area contributed by atoms with Crippen LogP contribution in [0.15, 0.2) is 9.59 Å². The third-order valence-corrected chi connectivity index (χ3v) is 4.28. The number of hydrogen-bond donors (Lipinski definition) is 2. The highest BCUT2D eigenvalue weighted by atomic mass is 16.2. The maximum atomic E-state index is 12.1. The van der Waals surface area contributed by atoms with Crippen molar-refractivity contribution in [3.05, 3.63) is 20.8 Å². The molecule has 9 nitrogen and oxygen atoms in total. The SMILES string of the molecule is Cn1c(=O)c2[nH]c(N3CCC(C(N)=O)CC3)nc2n(C)c1=O. The number of rotatable bonds is 2. The molecule has 1 saturated heterocycles. The van der Waals surface area contributed by atoms with Crippen LogP contribution in [0.1, 0.15) is 12.8 Å². The number of anilines is 1. The molecule has 0 saturated carbocycles. The molecule has 3 rings (SSSR count). The molecule has 0 spiro atoms. The van der Waals surface area contributed by atoms with Crippen molar-refractivity contribution in [1.82, 2.24) is 19.1 Å². The monoisotopic (exact) mass is 306 g/mol. The molecule has 1 aliphatic rings. The van der Waals surface area contributed by atoms with Crippen molar-refractivity contribution in [1.29, 1.82) is 0 Å². The first-order chi connectivity index (χ1) is 10.4. The highest BCUT2D eigenvalue weighted by molar-refractivity contribution is 5.77. The Kier molecular flexibility index (Phi) is 3.27. The molecule has 1 fully saturated rings. The van der Waals surface area contributed by atoms with E-state index in [9.17, 15) is 14.4 Å². The molecule has 0 bridgehead atoms. The summed E-state index contributed by atoms with van der Waals surface area (Å²) in [7, 11) is 3.01. The topological polar surface area (TPSA) is 119 Å². The molecule has 3 N–H and O–H groups in total. The average molecular weight is 306 g/mol. The molecule has 2 aromatic heterocycles. The summed E-state index contributed by atoms with van der Waals surface area (Å²) in [6.07, 6.45) is 1.31. The fourth-order valence-electron chi connectivity index (χ4n) is 2.84. The van der Waals surface area contributed by atoms with E-state index in [2.05, 4.69) is 9.97 Å². The zero-order valence-corrected chi connectivity index (χ0v) is 12.5. The fourth-order valence-corrected chi connectivity index (χ4v) is 2.84. The van der Waals surface area contributed by atoms with Crippen LogP contribution in [0.5, 0.6) is 0 Å². The fraction of sp³-hybridized carbons (Fsp3) is 0.538. The number of amides is 1. The number of aromatic nitrogens is 4. The summed E-state index contributed by atoms with van der Waals surface area (Å²) in [6.45, 7) is 1.25. The summed E-state index contributed by atoms with van der Waals surface area (Å²) < 4.78 is 2.39. The Morgan fingerprint density at radius 3 is 2.45 bits per heavy atom. The lowest BCUT2D eigenvalue weighted by Crippen LogP contribution is -2.39. The van der Waals surface area contributed by atoms with E-state index in [1.165, 1.54) is 11.6 Å². The van der Waals surface area contributed by atoms with Crippen LogP contribution in [-0.4, -0.2) is 38.1 Å². The Morgan fingerprint density at radius 1 is 1.23 bits per heavy atom. The second-order valence-corrected chi connectivity index (χ2v) is 5.63. The van der Waals surface area contributed by atoms with Crippen molar-refractivity contribution < 1.29 is 4.79 Å². The Labute approximate surface area is 125 Å². The third kappa shape index (κ3) is 2.09. The summed E-state index contributed by atoms with van der Waals surface area (Å²) >= 11 is 0. The maximum absolute atomic E-state index is 12.1. The summed E-state index contributed by atoms with van der Waals surface area (Å²) in [6, 6.07) is 0. The molecular weight excluding hydrogens is 288 g/mol. The highest BCUT2D eigenvalue weighted by Gasteiger charge is 2.25. The van der Waals surface area contributed by atoms with Gasteiger partial charge in [-0.2, -0.15) is 4.98 Å². The van der Waals surface area contributed by atoms with Gasteiger partial charge >= 0.3 is 5.69 Å². The van der Waals surface area contributed by atoms with Crippen molar-refractivity contribution >= 4 is 23.0 Å². The standard InChI is InChI=1S/C13H18N6O3/c1-17-10-8(11(21)18(2)13(17)22)15-12(16-10)19-5-3-7(4-6-19)9(14)20/h7H,3-6H2,1-2H3,(H2,14,20)(H,15,16). The minimum Gasteiger partial charge on any atom is -0.369 e. The van der Waals surface area contributed by atoms with Gasteiger partial charge in [0.25, 0.3) is 5.56 Å². The second-order valence-electron chi connectivity index (χ2n) is 5.63. The van der Waals surface area contributed by atoms with Crippen LogP contribution in [0.4, 0.5) is 5.95 Å². The van der Waals surface area contributed by atoms with Gasteiger partial charge in [-0.05, 0) is 12.8 Å². The van der Waals surface area contributed by atoms with Crippen molar-refractivity contribution in [2.75, 3.05) is 18.0 Å². The number of imidazole rings is 1. The number of piperidine rings is 1. The lowest BCUT2D eigenvalue weighted by molar-refractivity contribution is -0.122.